The third kappa shape index (κ3) is 2.74. The Balaban J connectivity index is 1.88. The lowest BCUT2D eigenvalue weighted by Crippen LogP contribution is -1.97. The monoisotopic (exact) mass is 296 g/mol. The summed E-state index contributed by atoms with van der Waals surface area (Å²) in [5, 5.41) is 4.32. The number of para-hydroxylation sites is 4. The second-order valence-electron chi connectivity index (χ2n) is 4.55. The molecule has 0 saturated heterocycles. The van der Waals surface area contributed by atoms with Crippen molar-refractivity contribution in [1.82, 2.24) is 9.78 Å². The number of aromatic nitrogens is 2. The molecule has 0 N–H and O–H groups in total. The van der Waals surface area contributed by atoms with Gasteiger partial charge in [-0.25, -0.2) is 4.68 Å². The van der Waals surface area contributed by atoms with Gasteiger partial charge in [-0.1, -0.05) is 24.3 Å². The third-order valence-corrected chi connectivity index (χ3v) is 3.19. The molecule has 0 spiro atoms. The number of hydrogen-bond donors (Lipinski definition) is 0. The Labute approximate surface area is 128 Å². The highest BCUT2D eigenvalue weighted by Crippen LogP contribution is 2.31. The molecule has 1 heterocycles. The fourth-order valence-corrected chi connectivity index (χ4v) is 2.14. The number of methoxy groups -OCH3 is 2. The van der Waals surface area contributed by atoms with Gasteiger partial charge in [-0.2, -0.15) is 5.10 Å². The minimum atomic E-state index is 0.621. The Hall–Kier alpha value is -2.95. The first-order valence-corrected chi connectivity index (χ1v) is 6.81. The number of rotatable bonds is 5. The summed E-state index contributed by atoms with van der Waals surface area (Å²) in [5.41, 5.74) is 0.847. The molecule has 22 heavy (non-hydrogen) atoms. The summed E-state index contributed by atoms with van der Waals surface area (Å²) in [5.74, 6) is 2.68. The zero-order valence-electron chi connectivity index (χ0n) is 12.4. The van der Waals surface area contributed by atoms with E-state index in [1.807, 2.05) is 48.5 Å². The zero-order chi connectivity index (χ0) is 15.4. The molecule has 0 fully saturated rings. The lowest BCUT2D eigenvalue weighted by Gasteiger charge is -2.08. The van der Waals surface area contributed by atoms with Crippen molar-refractivity contribution in [3.05, 3.63) is 60.9 Å². The van der Waals surface area contributed by atoms with Gasteiger partial charge >= 0.3 is 0 Å². The molecule has 2 aromatic carbocycles. The molecule has 3 aromatic rings. The predicted molar refractivity (Wildman–Crippen MR) is 83.2 cm³/mol. The molecule has 0 aliphatic rings. The van der Waals surface area contributed by atoms with Gasteiger partial charge in [0.1, 0.15) is 11.4 Å². The third-order valence-electron chi connectivity index (χ3n) is 3.19. The van der Waals surface area contributed by atoms with Gasteiger partial charge in [-0.15, -0.1) is 0 Å². The molecule has 0 saturated carbocycles. The zero-order valence-corrected chi connectivity index (χ0v) is 12.4. The van der Waals surface area contributed by atoms with Crippen LogP contribution in [-0.2, 0) is 0 Å². The van der Waals surface area contributed by atoms with Crippen molar-refractivity contribution in [3.8, 4) is 28.7 Å². The van der Waals surface area contributed by atoms with Crippen LogP contribution in [0.25, 0.3) is 5.69 Å². The van der Waals surface area contributed by atoms with Crippen LogP contribution in [0.15, 0.2) is 60.9 Å². The number of nitrogens with zero attached hydrogens (tertiary/aromatic N) is 2. The average Bonchev–Trinajstić information content (AvgIpc) is 3.03. The average molecular weight is 296 g/mol. The van der Waals surface area contributed by atoms with Crippen LogP contribution >= 0.6 is 0 Å². The van der Waals surface area contributed by atoms with Crippen LogP contribution in [0.3, 0.4) is 0 Å². The van der Waals surface area contributed by atoms with Gasteiger partial charge < -0.3 is 14.2 Å². The minimum Gasteiger partial charge on any atom is -0.494 e. The summed E-state index contributed by atoms with van der Waals surface area (Å²) < 4.78 is 18.2. The van der Waals surface area contributed by atoms with Gasteiger partial charge in [-0.3, -0.25) is 0 Å². The summed E-state index contributed by atoms with van der Waals surface area (Å²) in [6.45, 7) is 0. The van der Waals surface area contributed by atoms with Crippen LogP contribution in [0, 0.1) is 0 Å². The molecule has 0 radical (unpaired) electrons. The van der Waals surface area contributed by atoms with Crippen LogP contribution in [0.4, 0.5) is 0 Å². The summed E-state index contributed by atoms with van der Waals surface area (Å²) in [7, 11) is 3.25. The Morgan fingerprint density at radius 3 is 2.18 bits per heavy atom. The molecule has 0 unspecified atom stereocenters. The molecule has 0 bridgehead atoms. The second-order valence-corrected chi connectivity index (χ2v) is 4.55. The molecule has 1 aromatic heterocycles. The summed E-state index contributed by atoms with van der Waals surface area (Å²) in [4.78, 5) is 0. The van der Waals surface area contributed by atoms with E-state index < -0.39 is 0 Å². The maximum atomic E-state index is 5.83. The first-order valence-electron chi connectivity index (χ1n) is 6.81. The van der Waals surface area contributed by atoms with Gasteiger partial charge in [0, 0.05) is 0 Å². The molecule has 0 amide bonds. The highest BCUT2D eigenvalue weighted by Gasteiger charge is 2.09. The first-order chi connectivity index (χ1) is 10.8. The van der Waals surface area contributed by atoms with E-state index >= 15 is 0 Å². The molecular formula is C17H16N2O3. The fourth-order valence-electron chi connectivity index (χ4n) is 2.14. The SMILES string of the molecule is COc1ccccc1Oc1cnn(-c2ccccc2OC)c1. The Morgan fingerprint density at radius 1 is 0.818 bits per heavy atom. The van der Waals surface area contributed by atoms with E-state index in [4.69, 9.17) is 14.2 Å². The maximum absolute atomic E-state index is 5.83. The molecule has 5 heteroatoms. The van der Waals surface area contributed by atoms with Crippen molar-refractivity contribution in [2.24, 2.45) is 0 Å². The highest BCUT2D eigenvalue weighted by atomic mass is 16.5. The number of benzene rings is 2. The predicted octanol–water partition coefficient (Wildman–Crippen LogP) is 3.68. The number of ether oxygens (including phenoxy) is 3. The van der Waals surface area contributed by atoms with Crippen LogP contribution in [-0.4, -0.2) is 24.0 Å². The van der Waals surface area contributed by atoms with E-state index in [9.17, 15) is 0 Å². The van der Waals surface area contributed by atoms with E-state index in [2.05, 4.69) is 5.10 Å². The highest BCUT2D eigenvalue weighted by molar-refractivity contribution is 5.47. The largest absolute Gasteiger partial charge is 0.494 e. The number of hydrogen-bond acceptors (Lipinski definition) is 4. The van der Waals surface area contributed by atoms with Crippen molar-refractivity contribution in [1.29, 1.82) is 0 Å². The molecule has 0 atom stereocenters. The standard InChI is InChI=1S/C17H16N2O3/c1-20-15-8-4-3-7-14(15)19-12-13(11-18-19)22-17-10-6-5-9-16(17)21-2/h3-12H,1-2H3. The smallest absolute Gasteiger partial charge is 0.169 e. The lowest BCUT2D eigenvalue weighted by atomic mass is 10.3. The Kier molecular flexibility index (Phi) is 3.96. The minimum absolute atomic E-state index is 0.621. The van der Waals surface area contributed by atoms with E-state index in [0.717, 1.165) is 11.4 Å². The van der Waals surface area contributed by atoms with Crippen molar-refractivity contribution in [2.75, 3.05) is 14.2 Å². The van der Waals surface area contributed by atoms with Crippen molar-refractivity contribution in [3.63, 3.8) is 0 Å². The van der Waals surface area contributed by atoms with Gasteiger partial charge in [0.25, 0.3) is 0 Å². The van der Waals surface area contributed by atoms with Crippen molar-refractivity contribution >= 4 is 0 Å². The van der Waals surface area contributed by atoms with Gasteiger partial charge in [0.15, 0.2) is 17.2 Å². The van der Waals surface area contributed by atoms with Crippen molar-refractivity contribution in [2.45, 2.75) is 0 Å². The summed E-state index contributed by atoms with van der Waals surface area (Å²) in [6, 6.07) is 15.1. The quantitative estimate of drug-likeness (QED) is 0.720. The summed E-state index contributed by atoms with van der Waals surface area (Å²) >= 11 is 0. The summed E-state index contributed by atoms with van der Waals surface area (Å²) in [6.07, 6.45) is 3.45. The van der Waals surface area contributed by atoms with Gasteiger partial charge in [-0.05, 0) is 24.3 Å². The normalized spacial score (nSPS) is 10.3. The molecule has 5 nitrogen and oxygen atoms in total. The van der Waals surface area contributed by atoms with E-state index in [1.54, 1.807) is 31.3 Å². The molecule has 3 rings (SSSR count). The van der Waals surface area contributed by atoms with E-state index in [1.165, 1.54) is 0 Å². The molecular weight excluding hydrogens is 280 g/mol. The lowest BCUT2D eigenvalue weighted by molar-refractivity contribution is 0.379. The second kappa shape index (κ2) is 6.22. The van der Waals surface area contributed by atoms with Crippen LogP contribution < -0.4 is 14.2 Å². The molecule has 0 aliphatic carbocycles. The molecule has 0 aliphatic heterocycles. The van der Waals surface area contributed by atoms with Crippen LogP contribution in [0.2, 0.25) is 0 Å². The maximum Gasteiger partial charge on any atom is 0.169 e. The fraction of sp³-hybridized carbons (Fsp3) is 0.118. The Morgan fingerprint density at radius 2 is 1.45 bits per heavy atom. The molecule has 112 valence electrons. The van der Waals surface area contributed by atoms with Crippen molar-refractivity contribution < 1.29 is 14.2 Å². The van der Waals surface area contributed by atoms with E-state index in [-0.39, 0.29) is 0 Å². The van der Waals surface area contributed by atoms with Crippen LogP contribution in [0.1, 0.15) is 0 Å². The first kappa shape index (κ1) is 14.0. The van der Waals surface area contributed by atoms with E-state index in [0.29, 0.717) is 17.2 Å². The topological polar surface area (TPSA) is 45.5 Å². The van der Waals surface area contributed by atoms with Gasteiger partial charge in [0.2, 0.25) is 0 Å². The van der Waals surface area contributed by atoms with Gasteiger partial charge in [0.05, 0.1) is 26.6 Å². The van der Waals surface area contributed by atoms with Crippen LogP contribution in [0.5, 0.6) is 23.0 Å². The Bertz CT molecular complexity index is 768.